The van der Waals surface area contributed by atoms with Crippen molar-refractivity contribution in [2.24, 2.45) is 0 Å². The molecule has 4 heteroatoms. The first-order valence-corrected chi connectivity index (χ1v) is 5.44. The van der Waals surface area contributed by atoms with Gasteiger partial charge >= 0.3 is 0 Å². The van der Waals surface area contributed by atoms with Crippen LogP contribution in [0.25, 0.3) is 0 Å². The van der Waals surface area contributed by atoms with Crippen LogP contribution in [0.5, 0.6) is 0 Å². The molecule has 0 aliphatic carbocycles. The van der Waals surface area contributed by atoms with Gasteiger partial charge in [0.05, 0.1) is 11.4 Å². The highest BCUT2D eigenvalue weighted by Crippen LogP contribution is 2.30. The van der Waals surface area contributed by atoms with Gasteiger partial charge in [0, 0.05) is 19.0 Å². The van der Waals surface area contributed by atoms with Gasteiger partial charge in [-0.25, -0.2) is 4.39 Å². The third-order valence-corrected chi connectivity index (χ3v) is 2.75. The van der Waals surface area contributed by atoms with E-state index in [0.717, 1.165) is 5.69 Å². The van der Waals surface area contributed by atoms with E-state index in [0.29, 0.717) is 18.7 Å². The molecular formula is C12H15FN2O. The summed E-state index contributed by atoms with van der Waals surface area (Å²) in [6.07, 6.45) is 0.439. The number of anilines is 2. The molecule has 0 fully saturated rings. The van der Waals surface area contributed by atoms with Gasteiger partial charge in [-0.15, -0.1) is 0 Å². The van der Waals surface area contributed by atoms with Crippen LogP contribution in [0.15, 0.2) is 18.2 Å². The van der Waals surface area contributed by atoms with Gasteiger partial charge in [-0.2, -0.15) is 0 Å². The third kappa shape index (κ3) is 2.01. The summed E-state index contributed by atoms with van der Waals surface area (Å²) in [6, 6.07) is 4.70. The van der Waals surface area contributed by atoms with Crippen molar-refractivity contribution in [1.82, 2.24) is 0 Å². The summed E-state index contributed by atoms with van der Waals surface area (Å²) in [6.45, 7) is 4.69. The third-order valence-electron chi connectivity index (χ3n) is 2.75. The zero-order chi connectivity index (χ0) is 11.7. The topological polar surface area (TPSA) is 32.3 Å². The second-order valence-corrected chi connectivity index (χ2v) is 4.25. The normalized spacial score (nSPS) is 15.8. The minimum absolute atomic E-state index is 0.0176. The molecule has 2 rings (SSSR count). The van der Waals surface area contributed by atoms with Gasteiger partial charge in [0.2, 0.25) is 5.91 Å². The van der Waals surface area contributed by atoms with E-state index < -0.39 is 0 Å². The molecule has 0 bridgehead atoms. The maximum Gasteiger partial charge on any atom is 0.226 e. The van der Waals surface area contributed by atoms with Crippen molar-refractivity contribution in [2.75, 3.05) is 16.8 Å². The first kappa shape index (κ1) is 10.9. The smallest absolute Gasteiger partial charge is 0.226 e. The predicted octanol–water partition coefficient (Wildman–Crippen LogP) is 2.38. The number of hydrogen-bond donors (Lipinski definition) is 1. The zero-order valence-electron chi connectivity index (χ0n) is 9.46. The van der Waals surface area contributed by atoms with Crippen LogP contribution in [0, 0.1) is 5.82 Å². The molecular weight excluding hydrogens is 207 g/mol. The Bertz CT molecular complexity index is 417. The molecule has 3 nitrogen and oxygen atoms in total. The summed E-state index contributed by atoms with van der Waals surface area (Å²) in [7, 11) is 0. The van der Waals surface area contributed by atoms with Gasteiger partial charge in [-0.05, 0) is 32.0 Å². The number of carbonyl (C=O) groups excluding carboxylic acids is 1. The van der Waals surface area contributed by atoms with E-state index in [1.54, 1.807) is 6.07 Å². The Balaban J connectivity index is 2.47. The van der Waals surface area contributed by atoms with Crippen molar-refractivity contribution in [1.29, 1.82) is 0 Å². The molecule has 1 aromatic rings. The van der Waals surface area contributed by atoms with Crippen molar-refractivity contribution < 1.29 is 9.18 Å². The molecule has 0 atom stereocenters. The van der Waals surface area contributed by atoms with Gasteiger partial charge in [-0.3, -0.25) is 4.79 Å². The van der Waals surface area contributed by atoms with Crippen LogP contribution in [0.3, 0.4) is 0 Å². The Labute approximate surface area is 94.3 Å². The van der Waals surface area contributed by atoms with Crippen LogP contribution in [0.1, 0.15) is 20.3 Å². The Morgan fingerprint density at radius 1 is 1.44 bits per heavy atom. The van der Waals surface area contributed by atoms with Gasteiger partial charge in [0.15, 0.2) is 0 Å². The molecule has 0 radical (unpaired) electrons. The first-order chi connectivity index (χ1) is 7.58. The fraction of sp³-hybridized carbons (Fsp3) is 0.417. The van der Waals surface area contributed by atoms with E-state index >= 15 is 0 Å². The number of amides is 1. The van der Waals surface area contributed by atoms with E-state index in [9.17, 15) is 9.18 Å². The summed E-state index contributed by atoms with van der Waals surface area (Å²) in [5.74, 6) is -0.295. The Morgan fingerprint density at radius 3 is 2.88 bits per heavy atom. The SMILES string of the molecule is CC(C)N1CCC(=O)Nc2ccc(F)cc21. The highest BCUT2D eigenvalue weighted by Gasteiger charge is 2.21. The highest BCUT2D eigenvalue weighted by molar-refractivity contribution is 5.96. The summed E-state index contributed by atoms with van der Waals surface area (Å²) < 4.78 is 13.2. The van der Waals surface area contributed by atoms with Gasteiger partial charge in [0.1, 0.15) is 5.82 Å². The van der Waals surface area contributed by atoms with E-state index in [4.69, 9.17) is 0 Å². The molecule has 0 aromatic heterocycles. The lowest BCUT2D eigenvalue weighted by atomic mass is 10.2. The minimum atomic E-state index is -0.277. The minimum Gasteiger partial charge on any atom is -0.367 e. The Hall–Kier alpha value is -1.58. The molecule has 86 valence electrons. The zero-order valence-corrected chi connectivity index (χ0v) is 9.46. The Morgan fingerprint density at radius 2 is 2.19 bits per heavy atom. The average Bonchev–Trinajstić information content (AvgIpc) is 2.36. The molecule has 1 heterocycles. The molecule has 1 aliphatic rings. The van der Waals surface area contributed by atoms with Crippen LogP contribution in [-0.2, 0) is 4.79 Å². The molecule has 0 unspecified atom stereocenters. The van der Waals surface area contributed by atoms with Crippen molar-refractivity contribution >= 4 is 17.3 Å². The molecule has 1 aromatic carbocycles. The quantitative estimate of drug-likeness (QED) is 0.791. The van der Waals surface area contributed by atoms with Crippen LogP contribution < -0.4 is 10.2 Å². The first-order valence-electron chi connectivity index (χ1n) is 5.44. The number of nitrogens with zero attached hydrogens (tertiary/aromatic N) is 1. The van der Waals surface area contributed by atoms with Crippen LogP contribution >= 0.6 is 0 Å². The maximum absolute atomic E-state index is 13.2. The fourth-order valence-corrected chi connectivity index (χ4v) is 1.94. The average molecular weight is 222 g/mol. The lowest BCUT2D eigenvalue weighted by Gasteiger charge is -2.28. The fourth-order valence-electron chi connectivity index (χ4n) is 1.94. The molecule has 0 saturated heterocycles. The number of rotatable bonds is 1. The number of benzene rings is 1. The molecule has 0 spiro atoms. The molecule has 16 heavy (non-hydrogen) atoms. The summed E-state index contributed by atoms with van der Waals surface area (Å²) in [5, 5.41) is 2.79. The van der Waals surface area contributed by atoms with E-state index in [2.05, 4.69) is 5.32 Å². The van der Waals surface area contributed by atoms with Crippen LogP contribution in [0.4, 0.5) is 15.8 Å². The van der Waals surface area contributed by atoms with E-state index in [1.165, 1.54) is 12.1 Å². The van der Waals surface area contributed by atoms with Gasteiger partial charge < -0.3 is 10.2 Å². The van der Waals surface area contributed by atoms with E-state index in [1.807, 2.05) is 18.7 Å². The number of halogens is 1. The predicted molar refractivity (Wildman–Crippen MR) is 62.1 cm³/mol. The second kappa shape index (κ2) is 4.12. The lowest BCUT2D eigenvalue weighted by Crippen LogP contribution is -2.31. The molecule has 1 N–H and O–H groups in total. The lowest BCUT2D eigenvalue weighted by molar-refractivity contribution is -0.115. The molecule has 1 amide bonds. The number of fused-ring (bicyclic) bond motifs is 1. The van der Waals surface area contributed by atoms with Crippen LogP contribution in [-0.4, -0.2) is 18.5 Å². The standard InChI is InChI=1S/C12H15FN2O/c1-8(2)15-6-5-12(16)14-10-4-3-9(13)7-11(10)15/h3-4,7-8H,5-6H2,1-2H3,(H,14,16). The largest absolute Gasteiger partial charge is 0.367 e. The van der Waals surface area contributed by atoms with Gasteiger partial charge in [0.25, 0.3) is 0 Å². The number of carbonyl (C=O) groups is 1. The Kier molecular flexibility index (Phi) is 2.81. The van der Waals surface area contributed by atoms with Crippen LogP contribution in [0.2, 0.25) is 0 Å². The number of nitrogens with one attached hydrogen (secondary N) is 1. The summed E-state index contributed by atoms with van der Waals surface area (Å²) >= 11 is 0. The van der Waals surface area contributed by atoms with Crippen molar-refractivity contribution in [3.8, 4) is 0 Å². The van der Waals surface area contributed by atoms with Crippen molar-refractivity contribution in [3.63, 3.8) is 0 Å². The van der Waals surface area contributed by atoms with Gasteiger partial charge in [-0.1, -0.05) is 0 Å². The summed E-state index contributed by atoms with van der Waals surface area (Å²) in [5.41, 5.74) is 1.46. The maximum atomic E-state index is 13.2. The van der Waals surface area contributed by atoms with Crippen molar-refractivity contribution in [2.45, 2.75) is 26.3 Å². The molecule has 0 saturated carbocycles. The molecule has 1 aliphatic heterocycles. The number of hydrogen-bond acceptors (Lipinski definition) is 2. The van der Waals surface area contributed by atoms with Crippen molar-refractivity contribution in [3.05, 3.63) is 24.0 Å². The highest BCUT2D eigenvalue weighted by atomic mass is 19.1. The monoisotopic (exact) mass is 222 g/mol. The second-order valence-electron chi connectivity index (χ2n) is 4.25. The summed E-state index contributed by atoms with van der Waals surface area (Å²) in [4.78, 5) is 13.5. The van der Waals surface area contributed by atoms with E-state index in [-0.39, 0.29) is 17.8 Å².